The Hall–Kier alpha value is -1.02. The minimum absolute atomic E-state index is 0.0279. The van der Waals surface area contributed by atoms with Crippen molar-refractivity contribution in [3.8, 4) is 5.75 Å². The lowest BCUT2D eigenvalue weighted by atomic mass is 9.68. The van der Waals surface area contributed by atoms with Crippen LogP contribution in [0.4, 0.5) is 0 Å². The Bertz CT molecular complexity index is 518. The largest absolute Gasteiger partial charge is 0.489 e. The molecule has 1 unspecified atom stereocenters. The lowest BCUT2D eigenvalue weighted by Crippen LogP contribution is -2.53. The Morgan fingerprint density at radius 3 is 2.47 bits per heavy atom. The second kappa shape index (κ2) is 4.82. The zero-order valence-electron chi connectivity index (χ0n) is 12.2. The molecule has 0 saturated heterocycles. The summed E-state index contributed by atoms with van der Waals surface area (Å²) < 4.78 is 6.03. The molecule has 0 heterocycles. The summed E-state index contributed by atoms with van der Waals surface area (Å²) in [6.07, 6.45) is 0.478. The number of carbonyl (C=O) groups is 1. The van der Waals surface area contributed by atoms with Gasteiger partial charge in [0.25, 0.3) is 0 Å². The fraction of sp³-hybridized carbons (Fsp3) is 0.562. The number of rotatable bonds is 3. The molecule has 2 nitrogen and oxygen atoms in total. The highest BCUT2D eigenvalue weighted by atomic mass is 35.5. The quantitative estimate of drug-likeness (QED) is 0.814. The van der Waals surface area contributed by atoms with Crippen molar-refractivity contribution in [3.05, 3.63) is 28.3 Å². The molecule has 1 aliphatic carbocycles. The molecule has 0 radical (unpaired) electrons. The lowest BCUT2D eigenvalue weighted by Gasteiger charge is -2.42. The smallest absolute Gasteiger partial charge is 0.145 e. The van der Waals surface area contributed by atoms with E-state index in [1.165, 1.54) is 0 Å². The molecule has 1 saturated carbocycles. The third-order valence-electron chi connectivity index (χ3n) is 4.08. The Kier molecular flexibility index (Phi) is 3.65. The van der Waals surface area contributed by atoms with Gasteiger partial charge in [-0.2, -0.15) is 0 Å². The Balaban J connectivity index is 2.26. The lowest BCUT2D eigenvalue weighted by molar-refractivity contribution is -0.148. The molecule has 0 aromatic heterocycles. The van der Waals surface area contributed by atoms with Crippen LogP contribution in [-0.2, 0) is 4.79 Å². The number of aryl methyl sites for hydroxylation is 1. The van der Waals surface area contributed by atoms with Gasteiger partial charge in [-0.05, 0) is 49.9 Å². The maximum absolute atomic E-state index is 11.6. The fourth-order valence-electron chi connectivity index (χ4n) is 2.32. The predicted octanol–water partition coefficient (Wildman–Crippen LogP) is 4.52. The van der Waals surface area contributed by atoms with Crippen molar-refractivity contribution in [2.24, 2.45) is 5.41 Å². The first-order valence-corrected chi connectivity index (χ1v) is 7.11. The van der Waals surface area contributed by atoms with Crippen LogP contribution in [-0.4, -0.2) is 11.9 Å². The van der Waals surface area contributed by atoms with Gasteiger partial charge >= 0.3 is 0 Å². The summed E-state index contributed by atoms with van der Waals surface area (Å²) in [5.41, 5.74) is 1.74. The van der Waals surface area contributed by atoms with Crippen LogP contribution in [0.3, 0.4) is 0 Å². The van der Waals surface area contributed by atoms with Crippen LogP contribution >= 0.6 is 11.6 Å². The number of benzene rings is 1. The summed E-state index contributed by atoms with van der Waals surface area (Å²) in [5.74, 6) is 1.47. The SMILES string of the molecule is Cc1cc(Cl)c(C(C)C)cc1OC1CC(=O)C1(C)C. The van der Waals surface area contributed by atoms with Crippen molar-refractivity contribution in [2.75, 3.05) is 0 Å². The van der Waals surface area contributed by atoms with Gasteiger partial charge in [-0.3, -0.25) is 4.79 Å². The van der Waals surface area contributed by atoms with Crippen molar-refractivity contribution in [1.82, 2.24) is 0 Å². The van der Waals surface area contributed by atoms with E-state index in [2.05, 4.69) is 13.8 Å². The molecule has 0 N–H and O–H groups in total. The molecule has 0 amide bonds. The zero-order chi connectivity index (χ0) is 14.4. The van der Waals surface area contributed by atoms with Crippen LogP contribution in [0.2, 0.25) is 5.02 Å². The van der Waals surface area contributed by atoms with Crippen LogP contribution < -0.4 is 4.74 Å². The fourth-order valence-corrected chi connectivity index (χ4v) is 2.75. The summed E-state index contributed by atoms with van der Waals surface area (Å²) in [4.78, 5) is 11.6. The van der Waals surface area contributed by atoms with Crippen molar-refractivity contribution in [1.29, 1.82) is 0 Å². The third-order valence-corrected chi connectivity index (χ3v) is 4.41. The highest BCUT2D eigenvalue weighted by molar-refractivity contribution is 6.31. The molecule has 1 fully saturated rings. The summed E-state index contributed by atoms with van der Waals surface area (Å²) in [7, 11) is 0. The van der Waals surface area contributed by atoms with E-state index >= 15 is 0 Å². The second-order valence-corrected chi connectivity index (χ2v) is 6.66. The van der Waals surface area contributed by atoms with Gasteiger partial charge in [0, 0.05) is 11.4 Å². The molecule has 1 aromatic carbocycles. The van der Waals surface area contributed by atoms with Gasteiger partial charge in [0.05, 0.1) is 5.41 Å². The minimum Gasteiger partial charge on any atom is -0.489 e. The Labute approximate surface area is 120 Å². The van der Waals surface area contributed by atoms with Gasteiger partial charge in [0.15, 0.2) is 0 Å². The summed E-state index contributed by atoms with van der Waals surface area (Å²) >= 11 is 6.25. The summed E-state index contributed by atoms with van der Waals surface area (Å²) in [6.45, 7) is 10.1. The molecule has 19 heavy (non-hydrogen) atoms. The van der Waals surface area contributed by atoms with Crippen LogP contribution in [0.15, 0.2) is 12.1 Å². The van der Waals surface area contributed by atoms with E-state index in [9.17, 15) is 4.79 Å². The van der Waals surface area contributed by atoms with Crippen LogP contribution in [0.1, 0.15) is 51.2 Å². The maximum atomic E-state index is 11.6. The molecule has 104 valence electrons. The number of ketones is 1. The van der Waals surface area contributed by atoms with Crippen LogP contribution in [0.5, 0.6) is 5.75 Å². The van der Waals surface area contributed by atoms with Gasteiger partial charge in [-0.15, -0.1) is 0 Å². The molecule has 1 aromatic rings. The molecule has 0 aliphatic heterocycles. The molecule has 2 rings (SSSR count). The van der Waals surface area contributed by atoms with Crippen molar-refractivity contribution in [3.63, 3.8) is 0 Å². The maximum Gasteiger partial charge on any atom is 0.145 e. The first-order chi connectivity index (χ1) is 8.73. The highest BCUT2D eigenvalue weighted by Crippen LogP contribution is 2.41. The average molecular weight is 281 g/mol. The normalized spacial score (nSPS) is 21.4. The number of carbonyl (C=O) groups excluding carboxylic acids is 1. The van der Waals surface area contributed by atoms with E-state index in [1.54, 1.807) is 0 Å². The minimum atomic E-state index is -0.371. The molecule has 0 bridgehead atoms. The predicted molar refractivity (Wildman–Crippen MR) is 78.1 cm³/mol. The average Bonchev–Trinajstić information content (AvgIpc) is 2.31. The van der Waals surface area contributed by atoms with Crippen LogP contribution in [0, 0.1) is 12.3 Å². The number of hydrogen-bond acceptors (Lipinski definition) is 2. The van der Waals surface area contributed by atoms with E-state index in [0.717, 1.165) is 21.9 Å². The van der Waals surface area contributed by atoms with E-state index < -0.39 is 0 Å². The van der Waals surface area contributed by atoms with Crippen molar-refractivity contribution >= 4 is 17.4 Å². The Morgan fingerprint density at radius 1 is 1.37 bits per heavy atom. The van der Waals surface area contributed by atoms with Gasteiger partial charge in [-0.1, -0.05) is 25.4 Å². The van der Waals surface area contributed by atoms with Gasteiger partial charge < -0.3 is 4.74 Å². The first-order valence-electron chi connectivity index (χ1n) is 6.73. The molecule has 1 aliphatic rings. The molecule has 0 spiro atoms. The number of Topliss-reactive ketones (excluding diaryl/α,β-unsaturated/α-hetero) is 1. The number of halogens is 1. The van der Waals surface area contributed by atoms with Crippen LogP contribution in [0.25, 0.3) is 0 Å². The molecular formula is C16H21ClO2. The number of ether oxygens (including phenoxy) is 1. The first kappa shape index (κ1) is 14.4. The monoisotopic (exact) mass is 280 g/mol. The van der Waals surface area contributed by atoms with Gasteiger partial charge in [0.1, 0.15) is 17.6 Å². The molecule has 3 heteroatoms. The summed E-state index contributed by atoms with van der Waals surface area (Å²) in [6, 6.07) is 3.96. The second-order valence-electron chi connectivity index (χ2n) is 6.25. The molecule has 1 atom stereocenters. The zero-order valence-corrected chi connectivity index (χ0v) is 13.0. The van der Waals surface area contributed by atoms with Gasteiger partial charge in [0.2, 0.25) is 0 Å². The van der Waals surface area contributed by atoms with E-state index in [0.29, 0.717) is 12.3 Å². The molecular weight excluding hydrogens is 260 g/mol. The summed E-state index contributed by atoms with van der Waals surface area (Å²) in [5, 5.41) is 0.781. The van der Waals surface area contributed by atoms with Crippen molar-refractivity contribution in [2.45, 2.75) is 53.1 Å². The van der Waals surface area contributed by atoms with Crippen molar-refractivity contribution < 1.29 is 9.53 Å². The van der Waals surface area contributed by atoms with Gasteiger partial charge in [-0.25, -0.2) is 0 Å². The third kappa shape index (κ3) is 2.51. The van der Waals surface area contributed by atoms with E-state index in [1.807, 2.05) is 32.9 Å². The Morgan fingerprint density at radius 2 is 2.00 bits per heavy atom. The highest BCUT2D eigenvalue weighted by Gasteiger charge is 2.49. The topological polar surface area (TPSA) is 26.3 Å². The standard InChI is InChI=1S/C16H21ClO2/c1-9(2)11-7-13(10(3)6-12(11)17)19-15-8-14(18)16(15,4)5/h6-7,9,15H,8H2,1-5H3. The number of hydrogen-bond donors (Lipinski definition) is 0. The van der Waals surface area contributed by atoms with E-state index in [-0.39, 0.29) is 17.3 Å². The van der Waals surface area contributed by atoms with E-state index in [4.69, 9.17) is 16.3 Å².